The number of nitrogens with zero attached hydrogens (tertiary/aromatic N) is 1. The van der Waals surface area contributed by atoms with Crippen LogP contribution in [-0.4, -0.2) is 17.6 Å². The fraction of sp³-hybridized carbons (Fsp3) is 0.200. The molecule has 0 unspecified atom stereocenters. The molecule has 0 saturated heterocycles. The molecule has 20 heavy (non-hydrogen) atoms. The van der Waals surface area contributed by atoms with Gasteiger partial charge in [-0.05, 0) is 36.8 Å². The van der Waals surface area contributed by atoms with Crippen LogP contribution >= 0.6 is 15.9 Å². The Morgan fingerprint density at radius 1 is 1.35 bits per heavy atom. The van der Waals surface area contributed by atoms with E-state index in [0.29, 0.717) is 18.7 Å². The number of hydrogen-bond donors (Lipinski definition) is 1. The zero-order valence-electron chi connectivity index (χ0n) is 11.1. The van der Waals surface area contributed by atoms with Gasteiger partial charge < -0.3 is 10.1 Å². The molecule has 0 aliphatic carbocycles. The molecular formula is C15H15BrN2O2. The van der Waals surface area contributed by atoms with E-state index in [0.717, 1.165) is 15.9 Å². The van der Waals surface area contributed by atoms with Crippen molar-refractivity contribution in [3.05, 3.63) is 58.2 Å². The highest BCUT2D eigenvalue weighted by atomic mass is 79.9. The van der Waals surface area contributed by atoms with Crippen LogP contribution in [0.3, 0.4) is 0 Å². The van der Waals surface area contributed by atoms with Gasteiger partial charge in [0, 0.05) is 17.2 Å². The average molecular weight is 335 g/mol. The fourth-order valence-electron chi connectivity index (χ4n) is 1.67. The maximum Gasteiger partial charge on any atom is 0.339 e. The molecule has 0 amide bonds. The second-order valence-electron chi connectivity index (χ2n) is 4.14. The van der Waals surface area contributed by atoms with Gasteiger partial charge in [-0.25, -0.2) is 9.78 Å². The minimum atomic E-state index is -0.349. The van der Waals surface area contributed by atoms with Crippen LogP contribution in [-0.2, 0) is 11.3 Å². The van der Waals surface area contributed by atoms with Crippen LogP contribution < -0.4 is 5.32 Å². The molecule has 0 fully saturated rings. The summed E-state index contributed by atoms with van der Waals surface area (Å²) in [6.45, 7) is 2.81. The molecule has 4 nitrogen and oxygen atoms in total. The van der Waals surface area contributed by atoms with Gasteiger partial charge in [-0.15, -0.1) is 0 Å². The van der Waals surface area contributed by atoms with E-state index >= 15 is 0 Å². The Balaban J connectivity index is 1.95. The molecule has 1 aromatic carbocycles. The summed E-state index contributed by atoms with van der Waals surface area (Å²) in [5.74, 6) is 0.372. The molecule has 104 valence electrons. The van der Waals surface area contributed by atoms with Crippen molar-refractivity contribution in [1.82, 2.24) is 4.98 Å². The maximum absolute atomic E-state index is 11.5. The van der Waals surface area contributed by atoms with Crippen molar-refractivity contribution in [1.29, 1.82) is 0 Å². The molecular weight excluding hydrogens is 320 g/mol. The molecule has 1 heterocycles. The number of rotatable bonds is 5. The second kappa shape index (κ2) is 7.05. The van der Waals surface area contributed by atoms with Crippen molar-refractivity contribution in [2.24, 2.45) is 0 Å². The van der Waals surface area contributed by atoms with E-state index in [4.69, 9.17) is 4.74 Å². The first-order chi connectivity index (χ1) is 9.69. The van der Waals surface area contributed by atoms with E-state index in [-0.39, 0.29) is 5.97 Å². The summed E-state index contributed by atoms with van der Waals surface area (Å²) in [5.41, 5.74) is 1.61. The number of pyridine rings is 1. The first-order valence-corrected chi connectivity index (χ1v) is 7.10. The molecule has 2 rings (SSSR count). The highest BCUT2D eigenvalue weighted by Gasteiger charge is 2.06. The summed E-state index contributed by atoms with van der Waals surface area (Å²) in [5, 5.41) is 3.20. The Kier molecular flexibility index (Phi) is 5.12. The van der Waals surface area contributed by atoms with E-state index in [9.17, 15) is 4.79 Å². The quantitative estimate of drug-likeness (QED) is 0.848. The Hall–Kier alpha value is -1.88. The third kappa shape index (κ3) is 4.06. The normalized spacial score (nSPS) is 10.1. The third-order valence-electron chi connectivity index (χ3n) is 2.64. The van der Waals surface area contributed by atoms with E-state index < -0.39 is 0 Å². The fourth-order valence-corrected chi connectivity index (χ4v) is 2.12. The predicted molar refractivity (Wildman–Crippen MR) is 81.7 cm³/mol. The van der Waals surface area contributed by atoms with E-state index in [1.165, 1.54) is 6.20 Å². The number of benzene rings is 1. The van der Waals surface area contributed by atoms with Gasteiger partial charge in [-0.1, -0.05) is 28.1 Å². The van der Waals surface area contributed by atoms with Crippen LogP contribution in [0.5, 0.6) is 0 Å². The summed E-state index contributed by atoms with van der Waals surface area (Å²) in [7, 11) is 0. The molecule has 0 atom stereocenters. The van der Waals surface area contributed by atoms with Gasteiger partial charge in [0.25, 0.3) is 0 Å². The SMILES string of the molecule is CCOC(=O)c1ccc(NCc2cccc(Br)c2)nc1. The molecule has 0 radical (unpaired) electrons. The van der Waals surface area contributed by atoms with Crippen LogP contribution in [0.4, 0.5) is 5.82 Å². The van der Waals surface area contributed by atoms with Crippen molar-refractivity contribution in [2.75, 3.05) is 11.9 Å². The van der Waals surface area contributed by atoms with Crippen molar-refractivity contribution < 1.29 is 9.53 Å². The zero-order valence-corrected chi connectivity index (χ0v) is 12.7. The largest absolute Gasteiger partial charge is 0.462 e. The summed E-state index contributed by atoms with van der Waals surface area (Å²) >= 11 is 3.43. The van der Waals surface area contributed by atoms with Gasteiger partial charge in [0.05, 0.1) is 12.2 Å². The lowest BCUT2D eigenvalue weighted by molar-refractivity contribution is 0.0526. The van der Waals surface area contributed by atoms with Gasteiger partial charge >= 0.3 is 5.97 Å². The minimum absolute atomic E-state index is 0.349. The first kappa shape index (κ1) is 14.5. The minimum Gasteiger partial charge on any atom is -0.462 e. The van der Waals surface area contributed by atoms with Crippen LogP contribution in [0.25, 0.3) is 0 Å². The topological polar surface area (TPSA) is 51.2 Å². The molecule has 0 spiro atoms. The highest BCUT2D eigenvalue weighted by molar-refractivity contribution is 9.10. The number of hydrogen-bond acceptors (Lipinski definition) is 4. The Morgan fingerprint density at radius 3 is 2.85 bits per heavy atom. The van der Waals surface area contributed by atoms with E-state index in [2.05, 4.69) is 26.2 Å². The number of carbonyl (C=O) groups excluding carboxylic acids is 1. The molecule has 1 N–H and O–H groups in total. The number of nitrogens with one attached hydrogen (secondary N) is 1. The molecule has 2 aromatic rings. The summed E-state index contributed by atoms with van der Waals surface area (Å²) in [6, 6.07) is 11.5. The number of aromatic nitrogens is 1. The molecule has 0 bridgehead atoms. The van der Waals surface area contributed by atoms with Gasteiger partial charge in [-0.2, -0.15) is 0 Å². The number of carbonyl (C=O) groups is 1. The Bertz CT molecular complexity index is 585. The Labute approximate surface area is 126 Å². The van der Waals surface area contributed by atoms with Crippen LogP contribution in [0.15, 0.2) is 47.1 Å². The molecule has 0 aliphatic heterocycles. The van der Waals surface area contributed by atoms with Crippen molar-refractivity contribution in [3.63, 3.8) is 0 Å². The number of halogens is 1. The van der Waals surface area contributed by atoms with Gasteiger partial charge in [0.15, 0.2) is 0 Å². The number of esters is 1. The van der Waals surface area contributed by atoms with Crippen molar-refractivity contribution in [3.8, 4) is 0 Å². The molecule has 0 saturated carbocycles. The summed E-state index contributed by atoms with van der Waals surface area (Å²) in [4.78, 5) is 15.7. The van der Waals surface area contributed by atoms with Crippen molar-refractivity contribution in [2.45, 2.75) is 13.5 Å². The first-order valence-electron chi connectivity index (χ1n) is 6.30. The van der Waals surface area contributed by atoms with Crippen LogP contribution in [0, 0.1) is 0 Å². The van der Waals surface area contributed by atoms with Crippen LogP contribution in [0.1, 0.15) is 22.8 Å². The lowest BCUT2D eigenvalue weighted by Gasteiger charge is -2.07. The molecule has 1 aromatic heterocycles. The van der Waals surface area contributed by atoms with Crippen molar-refractivity contribution >= 4 is 27.7 Å². The predicted octanol–water partition coefficient (Wildman–Crippen LogP) is 3.63. The lowest BCUT2D eigenvalue weighted by Crippen LogP contribution is -2.06. The summed E-state index contributed by atoms with van der Waals surface area (Å²) in [6.07, 6.45) is 1.52. The van der Waals surface area contributed by atoms with Gasteiger partial charge in [-0.3, -0.25) is 0 Å². The van der Waals surface area contributed by atoms with Crippen LogP contribution in [0.2, 0.25) is 0 Å². The molecule has 5 heteroatoms. The molecule has 0 aliphatic rings. The monoisotopic (exact) mass is 334 g/mol. The second-order valence-corrected chi connectivity index (χ2v) is 5.05. The van der Waals surface area contributed by atoms with Gasteiger partial charge in [0.1, 0.15) is 5.82 Å². The number of anilines is 1. The standard InChI is InChI=1S/C15H15BrN2O2/c1-2-20-15(19)12-6-7-14(18-10-12)17-9-11-4-3-5-13(16)8-11/h3-8,10H,2,9H2,1H3,(H,17,18). The number of ether oxygens (including phenoxy) is 1. The lowest BCUT2D eigenvalue weighted by atomic mass is 10.2. The summed E-state index contributed by atoms with van der Waals surface area (Å²) < 4.78 is 5.95. The smallest absolute Gasteiger partial charge is 0.339 e. The Morgan fingerprint density at radius 2 is 2.20 bits per heavy atom. The third-order valence-corrected chi connectivity index (χ3v) is 3.13. The average Bonchev–Trinajstić information content (AvgIpc) is 2.46. The van der Waals surface area contributed by atoms with E-state index in [1.54, 1.807) is 19.1 Å². The van der Waals surface area contributed by atoms with Gasteiger partial charge in [0.2, 0.25) is 0 Å². The maximum atomic E-state index is 11.5. The zero-order chi connectivity index (χ0) is 14.4. The van der Waals surface area contributed by atoms with E-state index in [1.807, 2.05) is 24.3 Å². The highest BCUT2D eigenvalue weighted by Crippen LogP contribution is 2.13.